The number of para-hydroxylation sites is 1. The second-order valence-electron chi connectivity index (χ2n) is 17.5. The SMILES string of the molecule is CC(C)(C)OC(=O)NC1CCCCCC=CC2CCC2(C(=O)NS(=O)(=O)C2CC2)NC(=O)C2CC(CCc3c(O)c(-c4cccc(F)c4)nc4ccccc34)CN2C1=O. The number of carbonyl (C=O) groups excluding carboxylic acids is 4. The Labute approximate surface area is 344 Å². The lowest BCUT2D eigenvalue weighted by Gasteiger charge is -2.47. The molecule has 2 aliphatic heterocycles. The van der Waals surface area contributed by atoms with Crippen molar-refractivity contribution < 1.29 is 41.8 Å². The number of nitrogens with zero attached hydrogens (tertiary/aromatic N) is 2. The monoisotopic (exact) mass is 831 g/mol. The number of aromatic nitrogens is 1. The van der Waals surface area contributed by atoms with Gasteiger partial charge in [-0.05, 0) is 109 Å². The summed E-state index contributed by atoms with van der Waals surface area (Å²) in [4.78, 5) is 62.5. The fraction of sp³-hybridized carbons (Fsp3) is 0.523. The van der Waals surface area contributed by atoms with Gasteiger partial charge in [0.2, 0.25) is 21.8 Å². The highest BCUT2D eigenvalue weighted by atomic mass is 32.2. The van der Waals surface area contributed by atoms with Gasteiger partial charge in [0.15, 0.2) is 0 Å². The standard InChI is InChI=1S/C44H54FN5O8S/c1-43(2,3)58-42(55)47-35-17-8-6-4-5-7-13-29-22-23-44(29,41(54)49-59(56,57)31-19-20-31)48-39(52)36-24-27(26-50(36)40(35)53)18-21-33-32-15-9-10-16-34(32)46-37(38(33)51)28-12-11-14-30(45)25-28/h7,9-16,25,27,29,31,35-36,51H,4-6,8,17-24,26H2,1-3H3,(H,47,55)(H,48,52)(H,49,54). The molecule has 13 nitrogen and oxygen atoms in total. The molecule has 15 heteroatoms. The minimum Gasteiger partial charge on any atom is -0.505 e. The summed E-state index contributed by atoms with van der Waals surface area (Å²) >= 11 is 0. The van der Waals surface area contributed by atoms with Gasteiger partial charge in [-0.25, -0.2) is 22.6 Å². The summed E-state index contributed by atoms with van der Waals surface area (Å²) in [6, 6.07) is 11.1. The number of aryl methyl sites for hydroxylation is 1. The Hall–Kier alpha value is -5.05. The molecule has 3 fully saturated rings. The Morgan fingerprint density at radius 3 is 2.54 bits per heavy atom. The Bertz CT molecular complexity index is 2260. The number of fused-ring (bicyclic) bond motifs is 3. The Kier molecular flexibility index (Phi) is 12.1. The number of ether oxygens (including phenoxy) is 1. The Morgan fingerprint density at radius 1 is 1.05 bits per heavy atom. The molecule has 5 atom stereocenters. The number of nitrogens with one attached hydrogen (secondary N) is 3. The number of aromatic hydroxyl groups is 1. The number of carbonyl (C=O) groups is 4. The number of sulfonamides is 1. The van der Waals surface area contributed by atoms with E-state index in [1.54, 1.807) is 32.9 Å². The number of alkyl carbamates (subject to hydrolysis) is 1. The van der Waals surface area contributed by atoms with Gasteiger partial charge in [-0.1, -0.05) is 55.3 Å². The molecule has 0 spiro atoms. The van der Waals surface area contributed by atoms with Crippen LogP contribution in [0.15, 0.2) is 60.7 Å². The summed E-state index contributed by atoms with van der Waals surface area (Å²) in [5.74, 6) is -3.11. The Balaban J connectivity index is 1.20. The number of halogens is 1. The van der Waals surface area contributed by atoms with Gasteiger partial charge in [-0.3, -0.25) is 19.1 Å². The van der Waals surface area contributed by atoms with E-state index in [4.69, 9.17) is 4.74 Å². The highest BCUT2D eigenvalue weighted by Gasteiger charge is 2.56. The van der Waals surface area contributed by atoms with E-state index in [0.717, 1.165) is 12.8 Å². The van der Waals surface area contributed by atoms with E-state index in [-0.39, 0.29) is 36.7 Å². The molecule has 0 radical (unpaired) electrons. The smallest absolute Gasteiger partial charge is 0.408 e. The van der Waals surface area contributed by atoms with Gasteiger partial charge < -0.3 is 25.4 Å². The Morgan fingerprint density at radius 2 is 1.83 bits per heavy atom. The lowest BCUT2D eigenvalue weighted by atomic mass is 9.65. The molecule has 2 aromatic carbocycles. The van der Waals surface area contributed by atoms with Crippen LogP contribution in [-0.2, 0) is 35.6 Å². The van der Waals surface area contributed by atoms with Crippen molar-refractivity contribution in [3.05, 3.63) is 72.1 Å². The third-order valence-corrected chi connectivity index (χ3v) is 13.8. The number of benzene rings is 2. The third kappa shape index (κ3) is 9.40. The fourth-order valence-electron chi connectivity index (χ4n) is 8.63. The number of hydrogen-bond donors (Lipinski definition) is 4. The van der Waals surface area contributed by atoms with E-state index < -0.39 is 74.0 Å². The fourth-order valence-corrected chi connectivity index (χ4v) is 9.99. The van der Waals surface area contributed by atoms with Crippen LogP contribution in [0.1, 0.15) is 97.0 Å². The summed E-state index contributed by atoms with van der Waals surface area (Å²) in [7, 11) is -3.92. The van der Waals surface area contributed by atoms with E-state index in [1.165, 1.54) is 17.0 Å². The predicted octanol–water partition coefficient (Wildman–Crippen LogP) is 6.18. The molecule has 4 amide bonds. The van der Waals surface area contributed by atoms with Crippen molar-refractivity contribution in [2.24, 2.45) is 11.8 Å². The van der Waals surface area contributed by atoms with Crippen LogP contribution in [0.25, 0.3) is 22.2 Å². The van der Waals surface area contributed by atoms with Crippen LogP contribution < -0.4 is 15.4 Å². The molecule has 0 bridgehead atoms. The molecular weight excluding hydrogens is 778 g/mol. The molecule has 5 unspecified atom stereocenters. The summed E-state index contributed by atoms with van der Waals surface area (Å²) in [5, 5.41) is 17.5. The van der Waals surface area contributed by atoms with Gasteiger partial charge in [0.05, 0.1) is 10.8 Å². The van der Waals surface area contributed by atoms with E-state index >= 15 is 0 Å². The van der Waals surface area contributed by atoms with Crippen molar-refractivity contribution in [3.8, 4) is 17.0 Å². The predicted molar refractivity (Wildman–Crippen MR) is 220 cm³/mol. The van der Waals surface area contributed by atoms with E-state index in [2.05, 4.69) is 20.3 Å². The highest BCUT2D eigenvalue weighted by molar-refractivity contribution is 7.91. The normalized spacial score (nSPS) is 25.5. The summed E-state index contributed by atoms with van der Waals surface area (Å²) in [5.41, 5.74) is -0.500. The summed E-state index contributed by atoms with van der Waals surface area (Å²) < 4.78 is 48.1. The lowest BCUT2D eigenvalue weighted by Crippen LogP contribution is -2.70. The highest BCUT2D eigenvalue weighted by Crippen LogP contribution is 2.43. The minimum absolute atomic E-state index is 0.0872. The van der Waals surface area contributed by atoms with Crippen molar-refractivity contribution in [1.82, 2.24) is 25.2 Å². The zero-order chi connectivity index (χ0) is 42.1. The van der Waals surface area contributed by atoms with Gasteiger partial charge in [0, 0.05) is 29.0 Å². The first-order chi connectivity index (χ1) is 28.0. The number of rotatable bonds is 8. The molecular formula is C44H54FN5O8S. The number of allylic oxidation sites excluding steroid dienone is 1. The van der Waals surface area contributed by atoms with E-state index in [1.807, 2.05) is 36.4 Å². The van der Waals surface area contributed by atoms with Crippen molar-refractivity contribution >= 4 is 44.7 Å². The van der Waals surface area contributed by atoms with E-state index in [0.29, 0.717) is 73.4 Å². The second-order valence-corrected chi connectivity index (χ2v) is 19.5. The van der Waals surface area contributed by atoms with Crippen LogP contribution in [0.3, 0.4) is 0 Å². The zero-order valence-electron chi connectivity index (χ0n) is 33.8. The van der Waals surface area contributed by atoms with Crippen molar-refractivity contribution in [2.75, 3.05) is 6.54 Å². The quantitative estimate of drug-likeness (QED) is 0.193. The van der Waals surface area contributed by atoms with Gasteiger partial charge in [0.1, 0.15) is 40.5 Å². The van der Waals surface area contributed by atoms with Crippen molar-refractivity contribution in [2.45, 2.75) is 126 Å². The van der Waals surface area contributed by atoms with Crippen molar-refractivity contribution in [1.29, 1.82) is 0 Å². The minimum atomic E-state index is -3.92. The average molecular weight is 832 g/mol. The maximum Gasteiger partial charge on any atom is 0.408 e. The number of hydrogen-bond acceptors (Lipinski definition) is 9. The van der Waals surface area contributed by atoms with Gasteiger partial charge >= 0.3 is 6.09 Å². The van der Waals surface area contributed by atoms with Crippen LogP contribution >= 0.6 is 0 Å². The van der Waals surface area contributed by atoms with Crippen LogP contribution in [0.5, 0.6) is 5.75 Å². The van der Waals surface area contributed by atoms with Gasteiger partial charge in [0.25, 0.3) is 5.91 Å². The first-order valence-electron chi connectivity index (χ1n) is 20.8. The van der Waals surface area contributed by atoms with Crippen molar-refractivity contribution in [3.63, 3.8) is 0 Å². The summed E-state index contributed by atoms with van der Waals surface area (Å²) in [6.07, 6.45) is 8.91. The number of pyridine rings is 1. The summed E-state index contributed by atoms with van der Waals surface area (Å²) in [6.45, 7) is 5.32. The first-order valence-corrected chi connectivity index (χ1v) is 22.3. The molecule has 4 aliphatic rings. The maximum atomic E-state index is 14.7. The molecule has 59 heavy (non-hydrogen) atoms. The van der Waals surface area contributed by atoms with Crippen LogP contribution in [0.4, 0.5) is 9.18 Å². The second kappa shape index (κ2) is 16.9. The molecule has 3 heterocycles. The lowest BCUT2D eigenvalue weighted by molar-refractivity contribution is -0.144. The maximum absolute atomic E-state index is 14.7. The largest absolute Gasteiger partial charge is 0.505 e. The van der Waals surface area contributed by atoms with Gasteiger partial charge in [-0.15, -0.1) is 0 Å². The number of amides is 4. The molecule has 2 aliphatic carbocycles. The molecule has 1 saturated heterocycles. The molecule has 2 saturated carbocycles. The molecule has 3 aromatic rings. The zero-order valence-corrected chi connectivity index (χ0v) is 34.7. The average Bonchev–Trinajstić information content (AvgIpc) is 3.95. The molecule has 316 valence electrons. The van der Waals surface area contributed by atoms with E-state index in [9.17, 15) is 37.1 Å². The van der Waals surface area contributed by atoms with Crippen LogP contribution in [0.2, 0.25) is 0 Å². The third-order valence-electron chi connectivity index (χ3n) is 12.0. The first kappa shape index (κ1) is 42.1. The molecule has 1 aromatic heterocycles. The topological polar surface area (TPSA) is 184 Å². The van der Waals surface area contributed by atoms with Crippen LogP contribution in [0, 0.1) is 17.7 Å². The molecule has 7 rings (SSSR count). The van der Waals surface area contributed by atoms with Gasteiger partial charge in [-0.2, -0.15) is 0 Å². The van der Waals surface area contributed by atoms with Crippen LogP contribution in [-0.4, -0.2) is 82.2 Å². The molecule has 4 N–H and O–H groups in total.